The number of benzene rings is 1. The SMILES string of the molecule is COC(=O)[C@@H]1CNC[C@@H]1c1ccc(F)cc1F. The molecule has 1 fully saturated rings. The van der Waals surface area contributed by atoms with Gasteiger partial charge in [0.2, 0.25) is 0 Å². The van der Waals surface area contributed by atoms with E-state index >= 15 is 0 Å². The highest BCUT2D eigenvalue weighted by molar-refractivity contribution is 5.74. The summed E-state index contributed by atoms with van der Waals surface area (Å²) in [7, 11) is 1.30. The lowest BCUT2D eigenvalue weighted by Crippen LogP contribution is -2.23. The van der Waals surface area contributed by atoms with E-state index in [0.29, 0.717) is 18.7 Å². The molecule has 1 aliphatic heterocycles. The molecule has 2 atom stereocenters. The lowest BCUT2D eigenvalue weighted by atomic mass is 9.88. The van der Waals surface area contributed by atoms with Gasteiger partial charge in [-0.2, -0.15) is 0 Å². The minimum atomic E-state index is -0.619. The number of carbonyl (C=O) groups is 1. The van der Waals surface area contributed by atoms with Crippen LogP contribution < -0.4 is 5.32 Å². The average molecular weight is 241 g/mol. The Bertz CT molecular complexity index is 437. The normalized spacial score (nSPS) is 23.7. The predicted molar refractivity (Wildman–Crippen MR) is 57.5 cm³/mol. The smallest absolute Gasteiger partial charge is 0.310 e. The predicted octanol–water partition coefficient (Wildman–Crippen LogP) is 1.44. The number of hydrogen-bond donors (Lipinski definition) is 1. The molecular weight excluding hydrogens is 228 g/mol. The topological polar surface area (TPSA) is 38.3 Å². The summed E-state index contributed by atoms with van der Waals surface area (Å²) in [6.07, 6.45) is 0. The molecule has 0 aliphatic carbocycles. The van der Waals surface area contributed by atoms with Gasteiger partial charge in [-0.25, -0.2) is 8.78 Å². The molecule has 92 valence electrons. The molecule has 5 heteroatoms. The van der Waals surface area contributed by atoms with Crippen molar-refractivity contribution in [2.75, 3.05) is 20.2 Å². The molecule has 1 saturated heterocycles. The third-order valence-electron chi connectivity index (χ3n) is 3.08. The van der Waals surface area contributed by atoms with Gasteiger partial charge in [0.1, 0.15) is 11.6 Å². The Morgan fingerprint density at radius 3 is 2.82 bits per heavy atom. The Kier molecular flexibility index (Phi) is 3.38. The van der Waals surface area contributed by atoms with Gasteiger partial charge in [0.15, 0.2) is 0 Å². The number of methoxy groups -OCH3 is 1. The van der Waals surface area contributed by atoms with Gasteiger partial charge >= 0.3 is 5.97 Å². The second-order valence-corrected chi connectivity index (χ2v) is 4.06. The Balaban J connectivity index is 2.29. The van der Waals surface area contributed by atoms with Crippen LogP contribution in [0.15, 0.2) is 18.2 Å². The van der Waals surface area contributed by atoms with Crippen molar-refractivity contribution in [3.8, 4) is 0 Å². The van der Waals surface area contributed by atoms with Crippen LogP contribution in [0.25, 0.3) is 0 Å². The van der Waals surface area contributed by atoms with Crippen molar-refractivity contribution in [3.05, 3.63) is 35.4 Å². The lowest BCUT2D eigenvalue weighted by Gasteiger charge is -2.17. The van der Waals surface area contributed by atoms with Crippen LogP contribution in [0.5, 0.6) is 0 Å². The van der Waals surface area contributed by atoms with Gasteiger partial charge in [0.05, 0.1) is 13.0 Å². The maximum absolute atomic E-state index is 13.6. The van der Waals surface area contributed by atoms with E-state index in [1.54, 1.807) is 0 Å². The zero-order valence-electron chi connectivity index (χ0n) is 9.37. The molecular formula is C12H13F2NO2. The highest BCUT2D eigenvalue weighted by atomic mass is 19.1. The van der Waals surface area contributed by atoms with Crippen LogP contribution in [0.2, 0.25) is 0 Å². The first-order valence-corrected chi connectivity index (χ1v) is 5.37. The van der Waals surface area contributed by atoms with Crippen LogP contribution in [0, 0.1) is 17.6 Å². The van der Waals surface area contributed by atoms with Crippen LogP contribution in [0.3, 0.4) is 0 Å². The van der Waals surface area contributed by atoms with Gasteiger partial charge in [-0.05, 0) is 11.6 Å². The summed E-state index contributed by atoms with van der Waals surface area (Å²) in [5, 5.41) is 3.02. The molecule has 0 aromatic heterocycles. The third-order valence-corrected chi connectivity index (χ3v) is 3.08. The summed E-state index contributed by atoms with van der Waals surface area (Å²) in [4.78, 5) is 11.5. The molecule has 1 N–H and O–H groups in total. The summed E-state index contributed by atoms with van der Waals surface area (Å²) < 4.78 is 31.1. The van der Waals surface area contributed by atoms with E-state index in [1.165, 1.54) is 19.2 Å². The van der Waals surface area contributed by atoms with Gasteiger partial charge in [0.25, 0.3) is 0 Å². The van der Waals surface area contributed by atoms with E-state index in [9.17, 15) is 13.6 Å². The monoisotopic (exact) mass is 241 g/mol. The summed E-state index contributed by atoms with van der Waals surface area (Å²) >= 11 is 0. The quantitative estimate of drug-likeness (QED) is 0.796. The van der Waals surface area contributed by atoms with E-state index in [-0.39, 0.29) is 11.9 Å². The van der Waals surface area contributed by atoms with Crippen LogP contribution in [-0.2, 0) is 9.53 Å². The first-order valence-electron chi connectivity index (χ1n) is 5.37. The molecule has 17 heavy (non-hydrogen) atoms. The van der Waals surface area contributed by atoms with E-state index in [2.05, 4.69) is 10.1 Å². The first kappa shape index (κ1) is 12.0. The number of nitrogens with one attached hydrogen (secondary N) is 1. The molecule has 0 spiro atoms. The molecule has 0 saturated carbocycles. The maximum atomic E-state index is 13.6. The van der Waals surface area contributed by atoms with Crippen molar-refractivity contribution in [1.82, 2.24) is 5.32 Å². The zero-order valence-corrected chi connectivity index (χ0v) is 9.37. The number of hydrogen-bond acceptors (Lipinski definition) is 3. The van der Waals surface area contributed by atoms with Gasteiger partial charge in [-0.3, -0.25) is 4.79 Å². The standard InChI is InChI=1S/C12H13F2NO2/c1-17-12(16)10-6-15-5-9(10)8-3-2-7(13)4-11(8)14/h2-4,9-10,15H,5-6H2,1H3/t9-,10-/m1/s1. The fraction of sp³-hybridized carbons (Fsp3) is 0.417. The van der Waals surface area contributed by atoms with Crippen molar-refractivity contribution in [1.29, 1.82) is 0 Å². The van der Waals surface area contributed by atoms with Crippen molar-refractivity contribution in [2.45, 2.75) is 5.92 Å². The molecule has 1 heterocycles. The largest absolute Gasteiger partial charge is 0.469 e. The second kappa shape index (κ2) is 4.79. The van der Waals surface area contributed by atoms with Crippen molar-refractivity contribution in [3.63, 3.8) is 0 Å². The molecule has 0 radical (unpaired) electrons. The summed E-state index contributed by atoms with van der Waals surface area (Å²) in [5.74, 6) is -2.33. The molecule has 0 bridgehead atoms. The Morgan fingerprint density at radius 1 is 1.41 bits per heavy atom. The maximum Gasteiger partial charge on any atom is 0.310 e. The lowest BCUT2D eigenvalue weighted by molar-refractivity contribution is -0.145. The van der Waals surface area contributed by atoms with Crippen molar-refractivity contribution in [2.24, 2.45) is 5.92 Å². The molecule has 0 amide bonds. The van der Waals surface area contributed by atoms with E-state index in [4.69, 9.17) is 0 Å². The molecule has 0 unspecified atom stereocenters. The Hall–Kier alpha value is -1.49. The molecule has 1 aromatic rings. The van der Waals surface area contributed by atoms with Crippen molar-refractivity contribution >= 4 is 5.97 Å². The molecule has 2 rings (SSSR count). The number of halogens is 2. The minimum Gasteiger partial charge on any atom is -0.469 e. The molecule has 1 aliphatic rings. The second-order valence-electron chi connectivity index (χ2n) is 4.06. The fourth-order valence-corrected chi connectivity index (χ4v) is 2.21. The highest BCUT2D eigenvalue weighted by Gasteiger charge is 2.36. The van der Waals surface area contributed by atoms with Crippen molar-refractivity contribution < 1.29 is 18.3 Å². The molecule has 1 aromatic carbocycles. The van der Waals surface area contributed by atoms with Gasteiger partial charge in [-0.1, -0.05) is 6.07 Å². The fourth-order valence-electron chi connectivity index (χ4n) is 2.21. The van der Waals surface area contributed by atoms with Gasteiger partial charge in [0, 0.05) is 25.1 Å². The number of esters is 1. The number of carbonyl (C=O) groups excluding carboxylic acids is 1. The number of rotatable bonds is 2. The average Bonchev–Trinajstić information content (AvgIpc) is 2.77. The highest BCUT2D eigenvalue weighted by Crippen LogP contribution is 2.30. The van der Waals surface area contributed by atoms with Crippen LogP contribution in [0.4, 0.5) is 8.78 Å². The van der Waals surface area contributed by atoms with Crippen LogP contribution >= 0.6 is 0 Å². The van der Waals surface area contributed by atoms with Crippen LogP contribution in [0.1, 0.15) is 11.5 Å². The summed E-state index contributed by atoms with van der Waals surface area (Å²) in [6, 6.07) is 3.42. The zero-order chi connectivity index (χ0) is 12.4. The number of ether oxygens (including phenoxy) is 1. The van der Waals surface area contributed by atoms with Crippen LogP contribution in [-0.4, -0.2) is 26.2 Å². The Labute approximate surface area is 97.8 Å². The van der Waals surface area contributed by atoms with E-state index in [1.807, 2.05) is 0 Å². The van der Waals surface area contributed by atoms with E-state index in [0.717, 1.165) is 6.07 Å². The summed E-state index contributed by atoms with van der Waals surface area (Å²) in [6.45, 7) is 0.941. The van der Waals surface area contributed by atoms with Gasteiger partial charge in [-0.15, -0.1) is 0 Å². The minimum absolute atomic E-state index is 0.303. The molecule has 3 nitrogen and oxygen atoms in total. The Morgan fingerprint density at radius 2 is 2.18 bits per heavy atom. The first-order chi connectivity index (χ1) is 8.13. The summed E-state index contributed by atoms with van der Waals surface area (Å²) in [5.41, 5.74) is 0.354. The van der Waals surface area contributed by atoms with E-state index < -0.39 is 17.6 Å². The third kappa shape index (κ3) is 2.29. The van der Waals surface area contributed by atoms with Gasteiger partial charge < -0.3 is 10.1 Å².